The van der Waals surface area contributed by atoms with Gasteiger partial charge < -0.3 is 14.7 Å². The van der Waals surface area contributed by atoms with Crippen LogP contribution in [0.3, 0.4) is 0 Å². The number of rotatable bonds is 10. The highest BCUT2D eigenvalue weighted by Gasteiger charge is 2.27. The minimum atomic E-state index is -3.50. The highest BCUT2D eigenvalue weighted by atomic mass is 32.2. The maximum absolute atomic E-state index is 12.3. The average Bonchev–Trinajstić information content (AvgIpc) is 2.51. The summed E-state index contributed by atoms with van der Waals surface area (Å²) in [5.41, 5.74) is 0. The molecular weight excluding hydrogens is 324 g/mol. The van der Waals surface area contributed by atoms with Gasteiger partial charge in [-0.1, -0.05) is 0 Å². The molecule has 134 valence electrons. The van der Waals surface area contributed by atoms with Crippen LogP contribution in [0.4, 0.5) is 0 Å². The lowest BCUT2D eigenvalue weighted by atomic mass is 9.98. The predicted octanol–water partition coefficient (Wildman–Crippen LogP) is 0.188. The molecule has 0 aliphatic carbocycles. The van der Waals surface area contributed by atoms with Crippen LogP contribution in [0.25, 0.3) is 0 Å². The van der Waals surface area contributed by atoms with E-state index in [1.54, 1.807) is 4.90 Å². The van der Waals surface area contributed by atoms with Gasteiger partial charge in [0.15, 0.2) is 0 Å². The number of nitrogens with one attached hydrogen (secondary N) is 1. The summed E-state index contributed by atoms with van der Waals surface area (Å²) in [7, 11) is -2.01. The molecule has 1 fully saturated rings. The van der Waals surface area contributed by atoms with Gasteiger partial charge in [0, 0.05) is 32.7 Å². The van der Waals surface area contributed by atoms with E-state index in [1.165, 1.54) is 7.11 Å². The smallest absolute Gasteiger partial charge is 0.303 e. The molecule has 1 saturated heterocycles. The van der Waals surface area contributed by atoms with E-state index >= 15 is 0 Å². The average molecular weight is 350 g/mol. The van der Waals surface area contributed by atoms with Crippen molar-refractivity contribution in [2.45, 2.75) is 44.6 Å². The standard InChI is InChI=1S/C14H26N2O6S/c1-22-9-4-10-23(20,21)15-11-13(17)16-8-3-2-5-12(16)6-7-14(18)19/h12,15H,2-11H2,1H3,(H,18,19). The normalized spacial score (nSPS) is 18.8. The first kappa shape index (κ1) is 19.9. The van der Waals surface area contributed by atoms with Crippen molar-refractivity contribution in [3.8, 4) is 0 Å². The fourth-order valence-corrected chi connectivity index (χ4v) is 3.64. The molecule has 0 aromatic rings. The van der Waals surface area contributed by atoms with E-state index < -0.39 is 16.0 Å². The number of carbonyl (C=O) groups is 2. The first-order valence-electron chi connectivity index (χ1n) is 7.83. The second-order valence-electron chi connectivity index (χ2n) is 5.66. The Bertz CT molecular complexity index is 493. The summed E-state index contributed by atoms with van der Waals surface area (Å²) in [4.78, 5) is 24.6. The maximum atomic E-state index is 12.3. The molecule has 1 aliphatic heterocycles. The Morgan fingerprint density at radius 1 is 1.35 bits per heavy atom. The second-order valence-corrected chi connectivity index (χ2v) is 7.58. The van der Waals surface area contributed by atoms with Crippen LogP contribution in [-0.2, 0) is 24.3 Å². The molecule has 1 aliphatic rings. The summed E-state index contributed by atoms with van der Waals surface area (Å²) in [6.07, 6.45) is 3.36. The number of aliphatic carboxylic acids is 1. The predicted molar refractivity (Wildman–Crippen MR) is 84.5 cm³/mol. The molecule has 0 spiro atoms. The van der Waals surface area contributed by atoms with Crippen LogP contribution >= 0.6 is 0 Å². The van der Waals surface area contributed by atoms with E-state index in [-0.39, 0.29) is 30.7 Å². The Hall–Kier alpha value is -1.19. The zero-order chi connectivity index (χ0) is 17.3. The lowest BCUT2D eigenvalue weighted by Gasteiger charge is -2.35. The first-order valence-corrected chi connectivity index (χ1v) is 9.48. The number of carbonyl (C=O) groups excluding carboxylic acids is 1. The molecule has 0 saturated carbocycles. The van der Waals surface area contributed by atoms with E-state index in [9.17, 15) is 18.0 Å². The number of sulfonamides is 1. The third kappa shape index (κ3) is 7.76. The molecule has 0 radical (unpaired) electrons. The van der Waals surface area contributed by atoms with Gasteiger partial charge in [0.2, 0.25) is 15.9 Å². The summed E-state index contributed by atoms with van der Waals surface area (Å²) < 4.78 is 30.7. The molecule has 1 unspecified atom stereocenters. The van der Waals surface area contributed by atoms with Crippen LogP contribution in [0.1, 0.15) is 38.5 Å². The van der Waals surface area contributed by atoms with E-state index in [1.807, 2.05) is 0 Å². The SMILES string of the molecule is COCCCS(=O)(=O)NCC(=O)N1CCCCC1CCC(=O)O. The van der Waals surface area contributed by atoms with E-state index in [0.717, 1.165) is 19.3 Å². The minimum Gasteiger partial charge on any atom is -0.481 e. The highest BCUT2D eigenvalue weighted by Crippen LogP contribution is 2.20. The number of hydrogen-bond acceptors (Lipinski definition) is 5. The number of piperidine rings is 1. The lowest BCUT2D eigenvalue weighted by Crippen LogP contribution is -2.48. The van der Waals surface area contributed by atoms with Crippen LogP contribution in [0, 0.1) is 0 Å². The molecule has 1 atom stereocenters. The Kier molecular flexibility index (Phi) is 8.49. The van der Waals surface area contributed by atoms with Crippen molar-refractivity contribution in [2.75, 3.05) is 32.6 Å². The van der Waals surface area contributed by atoms with E-state index in [4.69, 9.17) is 9.84 Å². The van der Waals surface area contributed by atoms with Crippen molar-refractivity contribution >= 4 is 21.9 Å². The Balaban J connectivity index is 2.48. The van der Waals surface area contributed by atoms with Gasteiger partial charge in [-0.25, -0.2) is 13.1 Å². The molecule has 9 heteroatoms. The molecular formula is C14H26N2O6S. The molecule has 1 amide bonds. The number of hydrogen-bond donors (Lipinski definition) is 2. The monoisotopic (exact) mass is 350 g/mol. The summed E-state index contributed by atoms with van der Waals surface area (Å²) in [5, 5.41) is 8.78. The number of carboxylic acid groups (broad SMARTS) is 1. The summed E-state index contributed by atoms with van der Waals surface area (Å²) >= 11 is 0. The number of methoxy groups -OCH3 is 1. The molecule has 8 nitrogen and oxygen atoms in total. The topological polar surface area (TPSA) is 113 Å². The molecule has 23 heavy (non-hydrogen) atoms. The van der Waals surface area contributed by atoms with Crippen molar-refractivity contribution in [1.29, 1.82) is 0 Å². The van der Waals surface area contributed by atoms with Crippen LogP contribution in [0.2, 0.25) is 0 Å². The van der Waals surface area contributed by atoms with Gasteiger partial charge in [-0.05, 0) is 32.1 Å². The van der Waals surface area contributed by atoms with Crippen molar-refractivity contribution in [3.63, 3.8) is 0 Å². The molecule has 2 N–H and O–H groups in total. The Labute approximate surface area is 137 Å². The summed E-state index contributed by atoms with van der Waals surface area (Å²) in [5.74, 6) is -1.27. The van der Waals surface area contributed by atoms with Crippen molar-refractivity contribution in [1.82, 2.24) is 9.62 Å². The molecule has 0 aromatic carbocycles. The first-order chi connectivity index (χ1) is 10.9. The third-order valence-electron chi connectivity index (χ3n) is 3.84. The zero-order valence-corrected chi connectivity index (χ0v) is 14.3. The van der Waals surface area contributed by atoms with Gasteiger partial charge in [0.1, 0.15) is 0 Å². The number of carboxylic acids is 1. The van der Waals surface area contributed by atoms with Crippen molar-refractivity contribution in [2.24, 2.45) is 0 Å². The van der Waals surface area contributed by atoms with Crippen LogP contribution < -0.4 is 4.72 Å². The van der Waals surface area contributed by atoms with Crippen LogP contribution in [-0.4, -0.2) is 68.9 Å². The van der Waals surface area contributed by atoms with Gasteiger partial charge in [0.25, 0.3) is 0 Å². The Morgan fingerprint density at radius 3 is 2.74 bits per heavy atom. The van der Waals surface area contributed by atoms with Crippen molar-refractivity contribution < 1.29 is 27.9 Å². The quantitative estimate of drug-likeness (QED) is 0.544. The van der Waals surface area contributed by atoms with Gasteiger partial charge in [-0.3, -0.25) is 9.59 Å². The van der Waals surface area contributed by atoms with Crippen molar-refractivity contribution in [3.05, 3.63) is 0 Å². The van der Waals surface area contributed by atoms with Crippen LogP contribution in [0.5, 0.6) is 0 Å². The highest BCUT2D eigenvalue weighted by molar-refractivity contribution is 7.89. The van der Waals surface area contributed by atoms with E-state index in [0.29, 0.717) is 26.0 Å². The minimum absolute atomic E-state index is 0.0111. The second kappa shape index (κ2) is 9.84. The Morgan fingerprint density at radius 2 is 2.09 bits per heavy atom. The number of likely N-dealkylation sites (tertiary alicyclic amines) is 1. The summed E-state index contributed by atoms with van der Waals surface area (Å²) in [6, 6.07) is -0.120. The molecule has 0 bridgehead atoms. The molecule has 1 heterocycles. The van der Waals surface area contributed by atoms with Gasteiger partial charge in [-0.15, -0.1) is 0 Å². The molecule has 1 rings (SSSR count). The lowest BCUT2D eigenvalue weighted by molar-refractivity contribution is -0.139. The van der Waals surface area contributed by atoms with Gasteiger partial charge >= 0.3 is 5.97 Å². The number of nitrogens with zero attached hydrogens (tertiary/aromatic N) is 1. The van der Waals surface area contributed by atoms with Gasteiger partial charge in [0.05, 0.1) is 12.3 Å². The fourth-order valence-electron chi connectivity index (χ4n) is 2.66. The third-order valence-corrected chi connectivity index (χ3v) is 5.25. The van der Waals surface area contributed by atoms with Crippen LogP contribution in [0.15, 0.2) is 0 Å². The maximum Gasteiger partial charge on any atom is 0.303 e. The molecule has 0 aromatic heterocycles. The fraction of sp³-hybridized carbons (Fsp3) is 0.857. The zero-order valence-electron chi connectivity index (χ0n) is 13.5. The summed E-state index contributed by atoms with van der Waals surface area (Å²) in [6.45, 7) is 0.617. The van der Waals surface area contributed by atoms with Gasteiger partial charge in [-0.2, -0.15) is 0 Å². The largest absolute Gasteiger partial charge is 0.481 e. The van der Waals surface area contributed by atoms with E-state index in [2.05, 4.69) is 4.72 Å². The number of amides is 1. The number of ether oxygens (including phenoxy) is 1.